The number of fused-ring (bicyclic) bond motifs is 1. The predicted molar refractivity (Wildman–Crippen MR) is 126 cm³/mol. The van der Waals surface area contributed by atoms with Crippen LogP contribution in [0.3, 0.4) is 0 Å². The van der Waals surface area contributed by atoms with Gasteiger partial charge in [0.1, 0.15) is 23.2 Å². The molecule has 0 aromatic heterocycles. The van der Waals surface area contributed by atoms with E-state index in [1.807, 2.05) is 18.2 Å². The van der Waals surface area contributed by atoms with Gasteiger partial charge in [-0.3, -0.25) is 14.9 Å². The Kier molecular flexibility index (Phi) is 7.15. The van der Waals surface area contributed by atoms with Crippen molar-refractivity contribution in [3.63, 3.8) is 0 Å². The highest BCUT2D eigenvalue weighted by molar-refractivity contribution is 5.70. The fraction of sp³-hybridized carbons (Fsp3) is 0.417. The fourth-order valence-electron chi connectivity index (χ4n) is 4.47. The number of ether oxygens (including phenoxy) is 1. The number of non-ortho nitro benzene ring substituents is 1. The van der Waals surface area contributed by atoms with Gasteiger partial charge in [0.05, 0.1) is 17.6 Å². The molecular formula is C24H27N5O5. The second-order valence-corrected chi connectivity index (χ2v) is 8.92. The molecule has 1 N–H and O–H groups in total. The number of carbonyl (C=O) groups is 1. The van der Waals surface area contributed by atoms with Crippen molar-refractivity contribution in [2.75, 3.05) is 18.6 Å². The molecule has 0 saturated carbocycles. The molecule has 0 saturated heterocycles. The van der Waals surface area contributed by atoms with Crippen molar-refractivity contribution in [2.45, 2.75) is 51.5 Å². The zero-order valence-corrected chi connectivity index (χ0v) is 19.6. The third-order valence-electron chi connectivity index (χ3n) is 6.04. The maximum atomic E-state index is 11.0. The number of carboxylic acid groups (broad SMARTS) is 1. The number of benzene rings is 2. The molecule has 10 nitrogen and oxygen atoms in total. The van der Waals surface area contributed by atoms with E-state index in [1.54, 1.807) is 0 Å². The average molecular weight is 466 g/mol. The van der Waals surface area contributed by atoms with Crippen molar-refractivity contribution >= 4 is 28.7 Å². The summed E-state index contributed by atoms with van der Waals surface area (Å²) in [5, 5.41) is 37.8. The lowest BCUT2D eigenvalue weighted by Crippen LogP contribution is -2.48. The lowest BCUT2D eigenvalue weighted by atomic mass is 9.79. The van der Waals surface area contributed by atoms with Gasteiger partial charge in [-0.05, 0) is 50.3 Å². The Bertz CT molecular complexity index is 1190. The number of rotatable bonds is 8. The van der Waals surface area contributed by atoms with Gasteiger partial charge in [-0.1, -0.05) is 6.92 Å². The second kappa shape index (κ2) is 9.87. The van der Waals surface area contributed by atoms with Crippen LogP contribution in [0.25, 0.3) is 0 Å². The number of nitriles is 1. The molecule has 1 heterocycles. The number of anilines is 1. The molecule has 1 aliphatic heterocycles. The molecule has 34 heavy (non-hydrogen) atoms. The Labute approximate surface area is 197 Å². The smallest absolute Gasteiger partial charge is 0.303 e. The van der Waals surface area contributed by atoms with Gasteiger partial charge in [-0.25, -0.2) is 0 Å². The summed E-state index contributed by atoms with van der Waals surface area (Å²) >= 11 is 0. The Hall–Kier alpha value is -4.00. The van der Waals surface area contributed by atoms with Crippen LogP contribution in [0, 0.1) is 21.4 Å². The van der Waals surface area contributed by atoms with E-state index in [4.69, 9.17) is 9.84 Å². The number of nitro benzene ring substituents is 1. The van der Waals surface area contributed by atoms with E-state index in [1.165, 1.54) is 19.2 Å². The highest BCUT2D eigenvalue weighted by Gasteiger charge is 2.37. The van der Waals surface area contributed by atoms with Crippen LogP contribution in [0.2, 0.25) is 0 Å². The maximum absolute atomic E-state index is 11.0. The SMILES string of the molecule is COc1cc2c(cc1/N=N/c1ccc([N+](=O)[O-])cc1C#N)C(C)CC(C)(C)N2CCCC(=O)O. The van der Waals surface area contributed by atoms with Gasteiger partial charge in [-0.2, -0.15) is 5.26 Å². The summed E-state index contributed by atoms with van der Waals surface area (Å²) in [5.74, 6) is -0.120. The zero-order chi connectivity index (χ0) is 25.0. The van der Waals surface area contributed by atoms with E-state index in [-0.39, 0.29) is 34.8 Å². The van der Waals surface area contributed by atoms with Gasteiger partial charge in [0, 0.05) is 42.4 Å². The van der Waals surface area contributed by atoms with Crippen LogP contribution in [-0.2, 0) is 4.79 Å². The first-order valence-electron chi connectivity index (χ1n) is 10.9. The monoisotopic (exact) mass is 465 g/mol. The number of nitro groups is 1. The van der Waals surface area contributed by atoms with E-state index in [2.05, 4.69) is 35.9 Å². The third kappa shape index (κ3) is 5.14. The summed E-state index contributed by atoms with van der Waals surface area (Å²) in [7, 11) is 1.53. The average Bonchev–Trinajstić information content (AvgIpc) is 2.78. The molecule has 0 spiro atoms. The maximum Gasteiger partial charge on any atom is 0.303 e. The van der Waals surface area contributed by atoms with Crippen molar-refractivity contribution in [1.29, 1.82) is 5.26 Å². The number of hydrogen-bond donors (Lipinski definition) is 1. The summed E-state index contributed by atoms with van der Waals surface area (Å²) in [6.45, 7) is 7.01. The number of hydrogen-bond acceptors (Lipinski definition) is 8. The highest BCUT2D eigenvalue weighted by atomic mass is 16.6. The fourth-order valence-corrected chi connectivity index (χ4v) is 4.47. The van der Waals surface area contributed by atoms with Crippen molar-refractivity contribution in [3.05, 3.63) is 51.6 Å². The van der Waals surface area contributed by atoms with Crippen molar-refractivity contribution < 1.29 is 19.6 Å². The minimum Gasteiger partial charge on any atom is -0.494 e. The molecule has 10 heteroatoms. The van der Waals surface area contributed by atoms with Crippen LogP contribution in [-0.4, -0.2) is 35.2 Å². The van der Waals surface area contributed by atoms with Crippen LogP contribution >= 0.6 is 0 Å². The zero-order valence-electron chi connectivity index (χ0n) is 19.6. The first-order valence-corrected chi connectivity index (χ1v) is 10.9. The molecule has 0 aliphatic carbocycles. The van der Waals surface area contributed by atoms with Crippen LogP contribution in [0.5, 0.6) is 5.75 Å². The Balaban J connectivity index is 2.01. The predicted octanol–water partition coefficient (Wildman–Crippen LogP) is 5.85. The van der Waals surface area contributed by atoms with Crippen LogP contribution in [0.15, 0.2) is 40.6 Å². The number of carboxylic acids is 1. The molecule has 0 radical (unpaired) electrons. The van der Waals surface area contributed by atoms with E-state index in [0.717, 1.165) is 23.7 Å². The standard InChI is InChI=1S/C24H27N5O5/c1-15-13-24(2,3)28(9-5-6-23(30)31)21-12-22(34-4)20(11-18(15)21)27-26-19-8-7-17(29(32)33)10-16(19)14-25/h7-8,10-12,15H,5-6,9,13H2,1-4H3,(H,30,31)/b27-26+. The molecule has 0 fully saturated rings. The molecule has 2 aromatic carbocycles. The molecule has 0 amide bonds. The molecular weight excluding hydrogens is 438 g/mol. The van der Waals surface area contributed by atoms with E-state index < -0.39 is 10.9 Å². The lowest BCUT2D eigenvalue weighted by molar-refractivity contribution is -0.384. The van der Waals surface area contributed by atoms with Crippen molar-refractivity contribution in [2.24, 2.45) is 10.2 Å². The first-order chi connectivity index (χ1) is 16.1. The van der Waals surface area contributed by atoms with E-state index >= 15 is 0 Å². The number of nitrogens with zero attached hydrogens (tertiary/aromatic N) is 5. The molecule has 0 bridgehead atoms. The molecule has 2 aromatic rings. The van der Waals surface area contributed by atoms with Crippen molar-refractivity contribution in [3.8, 4) is 11.8 Å². The van der Waals surface area contributed by atoms with E-state index in [9.17, 15) is 20.2 Å². The number of azo groups is 1. The van der Waals surface area contributed by atoms with Crippen molar-refractivity contribution in [1.82, 2.24) is 0 Å². The number of aliphatic carboxylic acids is 1. The molecule has 1 aliphatic rings. The Morgan fingerprint density at radius 1 is 1.32 bits per heavy atom. The van der Waals surface area contributed by atoms with Gasteiger partial charge >= 0.3 is 5.97 Å². The molecule has 3 rings (SSSR count). The van der Waals surface area contributed by atoms with Gasteiger partial charge < -0.3 is 14.7 Å². The largest absolute Gasteiger partial charge is 0.494 e. The quantitative estimate of drug-likeness (QED) is 0.293. The van der Waals surface area contributed by atoms with Gasteiger partial charge in [0.2, 0.25) is 0 Å². The molecule has 178 valence electrons. The topological polar surface area (TPSA) is 141 Å². The minimum absolute atomic E-state index is 0.0506. The summed E-state index contributed by atoms with van der Waals surface area (Å²) in [5.41, 5.74) is 2.40. The van der Waals surface area contributed by atoms with Gasteiger partial charge in [0.15, 0.2) is 0 Å². The number of methoxy groups -OCH3 is 1. The van der Waals surface area contributed by atoms with Gasteiger partial charge in [0.25, 0.3) is 5.69 Å². The molecule has 1 unspecified atom stereocenters. The normalized spacial score (nSPS) is 16.7. The summed E-state index contributed by atoms with van der Waals surface area (Å²) < 4.78 is 5.57. The Morgan fingerprint density at radius 2 is 2.03 bits per heavy atom. The second-order valence-electron chi connectivity index (χ2n) is 8.92. The Morgan fingerprint density at radius 3 is 2.65 bits per heavy atom. The summed E-state index contributed by atoms with van der Waals surface area (Å²) in [4.78, 5) is 23.6. The van der Waals surface area contributed by atoms with Gasteiger partial charge in [-0.15, -0.1) is 10.2 Å². The van der Waals surface area contributed by atoms with Crippen LogP contribution in [0.4, 0.5) is 22.7 Å². The third-order valence-corrected chi connectivity index (χ3v) is 6.04. The minimum atomic E-state index is -0.820. The summed E-state index contributed by atoms with van der Waals surface area (Å²) in [6, 6.07) is 9.54. The molecule has 1 atom stereocenters. The summed E-state index contributed by atoms with van der Waals surface area (Å²) in [6.07, 6.45) is 1.49. The first kappa shape index (κ1) is 24.6. The van der Waals surface area contributed by atoms with Crippen LogP contribution < -0.4 is 9.64 Å². The van der Waals surface area contributed by atoms with Crippen LogP contribution in [0.1, 0.15) is 57.1 Å². The van der Waals surface area contributed by atoms with E-state index in [0.29, 0.717) is 24.4 Å². The lowest BCUT2D eigenvalue weighted by Gasteiger charge is -2.47. The highest BCUT2D eigenvalue weighted by Crippen LogP contribution is 2.48.